The summed E-state index contributed by atoms with van der Waals surface area (Å²) in [6.07, 6.45) is 1.60. The molecule has 0 radical (unpaired) electrons. The van der Waals surface area contributed by atoms with Gasteiger partial charge in [-0.2, -0.15) is 0 Å². The Morgan fingerprint density at radius 3 is 2.74 bits per heavy atom. The Kier molecular flexibility index (Phi) is 4.47. The van der Waals surface area contributed by atoms with E-state index in [4.69, 9.17) is 0 Å². The van der Waals surface area contributed by atoms with Gasteiger partial charge in [0.05, 0.1) is 12.3 Å². The molecule has 0 aliphatic carbocycles. The number of aryl methyl sites for hydroxylation is 2. The van der Waals surface area contributed by atoms with Crippen molar-refractivity contribution in [1.29, 1.82) is 0 Å². The molecule has 0 atom stereocenters. The zero-order valence-corrected chi connectivity index (χ0v) is 11.8. The zero-order chi connectivity index (χ0) is 13.8. The van der Waals surface area contributed by atoms with E-state index >= 15 is 0 Å². The van der Waals surface area contributed by atoms with Crippen LogP contribution in [0.5, 0.6) is 5.75 Å². The number of nitrogens with one attached hydrogen (secondary N) is 1. The van der Waals surface area contributed by atoms with Crippen LogP contribution in [0.2, 0.25) is 0 Å². The number of hydrogen-bond donors (Lipinski definition) is 3. The third kappa shape index (κ3) is 3.28. The van der Waals surface area contributed by atoms with Crippen LogP contribution < -0.4 is 5.32 Å². The number of rotatable bonds is 5. The lowest BCUT2D eigenvalue weighted by atomic mass is 10.1. The van der Waals surface area contributed by atoms with Crippen LogP contribution in [-0.4, -0.2) is 20.2 Å². The normalized spacial score (nSPS) is 10.9. The number of aromatic nitrogens is 2. The average Bonchev–Trinajstić information content (AvgIpc) is 2.80. The molecular formula is C13H17N3O2S. The standard InChI is InChI=1S/C13H17N3O2S/c1-8-7-19-12(16-8)5-14-4-11-10(6-17)3-15-9(2)13(11)18/h3,7,14,17-18H,4-6H2,1-2H3. The fourth-order valence-electron chi connectivity index (χ4n) is 1.80. The summed E-state index contributed by atoms with van der Waals surface area (Å²) < 4.78 is 0. The summed E-state index contributed by atoms with van der Waals surface area (Å²) in [5.41, 5.74) is 2.92. The Balaban J connectivity index is 2.04. The number of hydrogen-bond acceptors (Lipinski definition) is 6. The summed E-state index contributed by atoms with van der Waals surface area (Å²) in [5.74, 6) is 0.148. The molecule has 0 saturated heterocycles. The van der Waals surface area contributed by atoms with Gasteiger partial charge in [-0.25, -0.2) is 4.98 Å². The molecule has 0 spiro atoms. The van der Waals surface area contributed by atoms with Crippen molar-refractivity contribution >= 4 is 11.3 Å². The maximum atomic E-state index is 9.98. The van der Waals surface area contributed by atoms with Gasteiger partial charge in [0.2, 0.25) is 0 Å². The summed E-state index contributed by atoms with van der Waals surface area (Å²) >= 11 is 1.60. The van der Waals surface area contributed by atoms with Crippen molar-refractivity contribution in [2.45, 2.75) is 33.5 Å². The van der Waals surface area contributed by atoms with Gasteiger partial charge in [-0.1, -0.05) is 0 Å². The number of pyridine rings is 1. The fraction of sp³-hybridized carbons (Fsp3) is 0.385. The molecule has 0 aliphatic rings. The molecule has 2 rings (SSSR count). The Morgan fingerprint density at radius 2 is 2.11 bits per heavy atom. The first kappa shape index (κ1) is 13.9. The number of thiazole rings is 1. The van der Waals surface area contributed by atoms with Crippen LogP contribution in [0.15, 0.2) is 11.6 Å². The predicted octanol–water partition coefficient (Wildman–Crippen LogP) is 1.64. The smallest absolute Gasteiger partial charge is 0.141 e. The van der Waals surface area contributed by atoms with Crippen LogP contribution in [-0.2, 0) is 19.7 Å². The molecule has 6 heteroatoms. The summed E-state index contributed by atoms with van der Waals surface area (Å²) in [5, 5.41) is 25.5. The Hall–Kier alpha value is -1.50. The Bertz CT molecular complexity index is 569. The second-order valence-corrected chi connectivity index (χ2v) is 5.28. The van der Waals surface area contributed by atoms with Gasteiger partial charge in [-0.3, -0.25) is 4.98 Å². The highest BCUT2D eigenvalue weighted by atomic mass is 32.1. The van der Waals surface area contributed by atoms with Crippen LogP contribution in [0.3, 0.4) is 0 Å². The summed E-state index contributed by atoms with van der Waals surface area (Å²) in [7, 11) is 0. The largest absolute Gasteiger partial charge is 0.506 e. The van der Waals surface area contributed by atoms with Crippen LogP contribution in [0.4, 0.5) is 0 Å². The minimum absolute atomic E-state index is 0.131. The molecule has 2 heterocycles. The van der Waals surface area contributed by atoms with Crippen molar-refractivity contribution in [3.63, 3.8) is 0 Å². The fourth-order valence-corrected chi connectivity index (χ4v) is 2.54. The first-order valence-corrected chi connectivity index (χ1v) is 6.88. The third-order valence-corrected chi connectivity index (χ3v) is 3.81. The highest BCUT2D eigenvalue weighted by Gasteiger charge is 2.11. The molecule has 19 heavy (non-hydrogen) atoms. The van der Waals surface area contributed by atoms with E-state index in [2.05, 4.69) is 15.3 Å². The predicted molar refractivity (Wildman–Crippen MR) is 74.0 cm³/mol. The molecular weight excluding hydrogens is 262 g/mol. The molecule has 0 fully saturated rings. The molecule has 2 aromatic rings. The average molecular weight is 279 g/mol. The molecule has 0 aliphatic heterocycles. The van der Waals surface area contributed by atoms with E-state index in [1.165, 1.54) is 0 Å². The van der Waals surface area contributed by atoms with E-state index in [1.54, 1.807) is 24.5 Å². The number of aliphatic hydroxyl groups is 1. The second-order valence-electron chi connectivity index (χ2n) is 4.34. The minimum Gasteiger partial charge on any atom is -0.506 e. The van der Waals surface area contributed by atoms with E-state index in [9.17, 15) is 10.2 Å². The van der Waals surface area contributed by atoms with Crippen molar-refractivity contribution in [2.24, 2.45) is 0 Å². The van der Waals surface area contributed by atoms with Crippen molar-refractivity contribution in [1.82, 2.24) is 15.3 Å². The number of nitrogens with zero attached hydrogens (tertiary/aromatic N) is 2. The van der Waals surface area contributed by atoms with E-state index in [1.807, 2.05) is 12.3 Å². The van der Waals surface area contributed by atoms with Gasteiger partial charge in [-0.05, 0) is 13.8 Å². The van der Waals surface area contributed by atoms with E-state index < -0.39 is 0 Å². The van der Waals surface area contributed by atoms with Crippen molar-refractivity contribution in [3.8, 4) is 5.75 Å². The molecule has 0 bridgehead atoms. The molecule has 3 N–H and O–H groups in total. The lowest BCUT2D eigenvalue weighted by Crippen LogP contribution is -2.15. The topological polar surface area (TPSA) is 78.3 Å². The van der Waals surface area contributed by atoms with Gasteiger partial charge in [0.1, 0.15) is 10.8 Å². The SMILES string of the molecule is Cc1csc(CNCc2c(CO)cnc(C)c2O)n1. The summed E-state index contributed by atoms with van der Waals surface area (Å²) in [6, 6.07) is 0. The molecule has 0 unspecified atom stereocenters. The maximum Gasteiger partial charge on any atom is 0.141 e. The molecule has 102 valence electrons. The monoisotopic (exact) mass is 279 g/mol. The lowest BCUT2D eigenvalue weighted by Gasteiger charge is -2.11. The molecule has 0 saturated carbocycles. The van der Waals surface area contributed by atoms with Crippen LogP contribution in [0.25, 0.3) is 0 Å². The first-order chi connectivity index (χ1) is 9.11. The molecule has 2 aromatic heterocycles. The van der Waals surface area contributed by atoms with Crippen LogP contribution >= 0.6 is 11.3 Å². The lowest BCUT2D eigenvalue weighted by molar-refractivity contribution is 0.278. The second kappa shape index (κ2) is 6.10. The van der Waals surface area contributed by atoms with Gasteiger partial charge >= 0.3 is 0 Å². The Morgan fingerprint density at radius 1 is 1.32 bits per heavy atom. The zero-order valence-electron chi connectivity index (χ0n) is 11.0. The minimum atomic E-state index is -0.131. The number of aliphatic hydroxyl groups excluding tert-OH is 1. The van der Waals surface area contributed by atoms with Crippen molar-refractivity contribution in [3.05, 3.63) is 39.1 Å². The summed E-state index contributed by atoms with van der Waals surface area (Å²) in [4.78, 5) is 8.39. The van der Waals surface area contributed by atoms with Crippen molar-refractivity contribution in [2.75, 3.05) is 0 Å². The highest BCUT2D eigenvalue weighted by molar-refractivity contribution is 7.09. The molecule has 5 nitrogen and oxygen atoms in total. The third-order valence-electron chi connectivity index (χ3n) is 2.85. The van der Waals surface area contributed by atoms with Crippen molar-refractivity contribution < 1.29 is 10.2 Å². The quantitative estimate of drug-likeness (QED) is 0.775. The van der Waals surface area contributed by atoms with Crippen LogP contribution in [0.1, 0.15) is 27.5 Å². The first-order valence-electron chi connectivity index (χ1n) is 6.00. The maximum absolute atomic E-state index is 9.98. The van der Waals surface area contributed by atoms with Gasteiger partial charge in [0.15, 0.2) is 0 Å². The molecule has 0 aromatic carbocycles. The van der Waals surface area contributed by atoms with Gasteiger partial charge < -0.3 is 15.5 Å². The van der Waals surface area contributed by atoms with Gasteiger partial charge in [0, 0.05) is 41.5 Å². The van der Waals surface area contributed by atoms with Gasteiger partial charge in [0.25, 0.3) is 0 Å². The summed E-state index contributed by atoms with van der Waals surface area (Å²) in [6.45, 7) is 4.69. The van der Waals surface area contributed by atoms with E-state index in [0.29, 0.717) is 29.9 Å². The number of aromatic hydroxyl groups is 1. The highest BCUT2D eigenvalue weighted by Crippen LogP contribution is 2.23. The molecule has 0 amide bonds. The van der Waals surface area contributed by atoms with E-state index in [0.717, 1.165) is 10.7 Å². The van der Waals surface area contributed by atoms with Gasteiger partial charge in [-0.15, -0.1) is 11.3 Å². The van der Waals surface area contributed by atoms with Crippen LogP contribution in [0, 0.1) is 13.8 Å². The Labute approximate surface area is 116 Å². The van der Waals surface area contributed by atoms with E-state index in [-0.39, 0.29) is 12.4 Å².